The summed E-state index contributed by atoms with van der Waals surface area (Å²) in [4.78, 5) is 12.5. The smallest absolute Gasteiger partial charge is 0.311 e. The van der Waals surface area contributed by atoms with Crippen LogP contribution >= 0.6 is 0 Å². The van der Waals surface area contributed by atoms with Gasteiger partial charge in [0.1, 0.15) is 16.4 Å². The molecule has 0 N–H and O–H groups in total. The van der Waals surface area contributed by atoms with Crippen molar-refractivity contribution in [2.75, 3.05) is 24.2 Å². The van der Waals surface area contributed by atoms with E-state index in [1.807, 2.05) is 4.90 Å². The number of piperidine rings is 1. The second-order valence-corrected chi connectivity index (χ2v) is 8.45. The molecule has 0 radical (unpaired) electrons. The highest BCUT2D eigenvalue weighted by Crippen LogP contribution is 2.38. The van der Waals surface area contributed by atoms with Crippen molar-refractivity contribution in [2.45, 2.75) is 23.7 Å². The van der Waals surface area contributed by atoms with Gasteiger partial charge in [-0.2, -0.15) is 0 Å². The summed E-state index contributed by atoms with van der Waals surface area (Å²) >= 11 is 0. The molecule has 6 nitrogen and oxygen atoms in total. The molecular weight excluding hydrogens is 359 g/mol. The van der Waals surface area contributed by atoms with E-state index in [0.29, 0.717) is 18.8 Å². The van der Waals surface area contributed by atoms with Gasteiger partial charge in [0.05, 0.1) is 4.92 Å². The Bertz CT molecular complexity index is 921. The monoisotopic (exact) mass is 378 g/mol. The number of hydrogen-bond donors (Lipinski definition) is 0. The lowest BCUT2D eigenvalue weighted by Gasteiger charge is -2.33. The van der Waals surface area contributed by atoms with Crippen molar-refractivity contribution in [1.82, 2.24) is 0 Å². The van der Waals surface area contributed by atoms with Crippen LogP contribution in [0.4, 0.5) is 15.8 Å². The zero-order chi connectivity index (χ0) is 18.9. The van der Waals surface area contributed by atoms with Crippen molar-refractivity contribution in [1.29, 1.82) is 0 Å². The average Bonchev–Trinajstić information content (AvgIpc) is 2.61. The van der Waals surface area contributed by atoms with Gasteiger partial charge in [-0.15, -0.1) is 0 Å². The molecular formula is C18H19FN2O4S. The maximum absolute atomic E-state index is 13.1. The molecule has 0 bridgehead atoms. The number of para-hydroxylation sites is 1. The van der Waals surface area contributed by atoms with Gasteiger partial charge >= 0.3 is 5.69 Å². The molecule has 2 aromatic carbocycles. The molecule has 0 aliphatic carbocycles. The molecule has 8 heteroatoms. The van der Waals surface area contributed by atoms with Crippen molar-refractivity contribution >= 4 is 21.2 Å². The highest BCUT2D eigenvalue weighted by Gasteiger charge is 2.30. The number of halogens is 1. The number of benzene rings is 2. The maximum Gasteiger partial charge on any atom is 0.311 e. The lowest BCUT2D eigenvalue weighted by Crippen LogP contribution is -2.33. The van der Waals surface area contributed by atoms with Crippen molar-refractivity contribution in [3.8, 4) is 0 Å². The molecule has 1 heterocycles. The second-order valence-electron chi connectivity index (χ2n) is 6.47. The molecule has 1 aliphatic rings. The first-order valence-electron chi connectivity index (χ1n) is 8.25. The van der Waals surface area contributed by atoms with Crippen LogP contribution in [0, 0.1) is 15.9 Å². The zero-order valence-corrected chi connectivity index (χ0v) is 15.1. The van der Waals surface area contributed by atoms with Gasteiger partial charge in [-0.05, 0) is 48.6 Å². The molecule has 138 valence electrons. The fourth-order valence-corrected chi connectivity index (χ4v) is 4.29. The van der Waals surface area contributed by atoms with Gasteiger partial charge in [0.25, 0.3) is 0 Å². The summed E-state index contributed by atoms with van der Waals surface area (Å²) in [7, 11) is -3.70. The molecule has 1 saturated heterocycles. The van der Waals surface area contributed by atoms with Crippen LogP contribution in [0.3, 0.4) is 0 Å². The van der Waals surface area contributed by atoms with Crippen LogP contribution in [0.15, 0.2) is 47.4 Å². The number of nitro benzene ring substituents is 1. The molecule has 0 saturated carbocycles. The molecule has 3 rings (SSSR count). The predicted molar refractivity (Wildman–Crippen MR) is 96.8 cm³/mol. The summed E-state index contributed by atoms with van der Waals surface area (Å²) < 4.78 is 36.9. The summed E-state index contributed by atoms with van der Waals surface area (Å²) in [6, 6.07) is 10.8. The topological polar surface area (TPSA) is 80.5 Å². The average molecular weight is 378 g/mol. The maximum atomic E-state index is 13.1. The van der Waals surface area contributed by atoms with E-state index in [0.717, 1.165) is 24.7 Å². The SMILES string of the molecule is CS(=O)(=O)c1cccc(N2CCC(c3ccc(F)cc3)CC2)c1[N+](=O)[O-]. The Morgan fingerprint density at radius 1 is 1.12 bits per heavy atom. The number of hydrogen-bond acceptors (Lipinski definition) is 5. The largest absolute Gasteiger partial charge is 0.366 e. The Balaban J connectivity index is 1.85. The minimum absolute atomic E-state index is 0.254. The molecule has 1 fully saturated rings. The highest BCUT2D eigenvalue weighted by atomic mass is 32.2. The number of nitro groups is 1. The van der Waals surface area contributed by atoms with Gasteiger partial charge in [0.15, 0.2) is 9.84 Å². The fourth-order valence-electron chi connectivity index (χ4n) is 3.44. The summed E-state index contributed by atoms with van der Waals surface area (Å²) in [5.74, 6) is -0.0246. The Hall–Kier alpha value is -2.48. The lowest BCUT2D eigenvalue weighted by molar-refractivity contribution is -0.387. The van der Waals surface area contributed by atoms with Gasteiger partial charge in [0, 0.05) is 19.3 Å². The van der Waals surface area contributed by atoms with E-state index in [1.165, 1.54) is 24.3 Å². The van der Waals surface area contributed by atoms with Crippen LogP contribution in [0.5, 0.6) is 0 Å². The van der Waals surface area contributed by atoms with E-state index in [1.54, 1.807) is 18.2 Å². The molecule has 2 aromatic rings. The van der Waals surface area contributed by atoms with Crippen LogP contribution in [-0.2, 0) is 9.84 Å². The van der Waals surface area contributed by atoms with Crippen LogP contribution in [0.2, 0.25) is 0 Å². The first-order valence-corrected chi connectivity index (χ1v) is 10.1. The number of sulfone groups is 1. The van der Waals surface area contributed by atoms with Gasteiger partial charge in [-0.3, -0.25) is 10.1 Å². The molecule has 26 heavy (non-hydrogen) atoms. The Labute approximate surface area is 151 Å². The number of anilines is 1. The predicted octanol–water partition coefficient (Wildman–Crippen LogP) is 3.52. The second kappa shape index (κ2) is 7.03. The summed E-state index contributed by atoms with van der Waals surface area (Å²) in [6.07, 6.45) is 2.48. The van der Waals surface area contributed by atoms with E-state index in [-0.39, 0.29) is 22.3 Å². The van der Waals surface area contributed by atoms with Gasteiger partial charge in [-0.25, -0.2) is 12.8 Å². The van der Waals surface area contributed by atoms with Gasteiger partial charge in [-0.1, -0.05) is 18.2 Å². The fraction of sp³-hybridized carbons (Fsp3) is 0.333. The molecule has 0 atom stereocenters. The lowest BCUT2D eigenvalue weighted by atomic mass is 9.89. The summed E-state index contributed by atoms with van der Waals surface area (Å²) in [5, 5.41) is 11.5. The van der Waals surface area contributed by atoms with Crippen LogP contribution in [0.25, 0.3) is 0 Å². The number of nitrogens with zero attached hydrogens (tertiary/aromatic N) is 2. The standard InChI is InChI=1S/C18H19FN2O4S/c1-26(24,25)17-4-2-3-16(18(17)21(22)23)20-11-9-14(10-12-20)13-5-7-15(19)8-6-13/h2-8,14H,9-12H2,1H3. The minimum Gasteiger partial charge on any atom is -0.366 e. The molecule has 0 unspecified atom stereocenters. The van der Waals surface area contributed by atoms with Crippen molar-refractivity contribution in [3.63, 3.8) is 0 Å². The third kappa shape index (κ3) is 3.70. The van der Waals surface area contributed by atoms with E-state index < -0.39 is 14.8 Å². The van der Waals surface area contributed by atoms with Crippen molar-refractivity contribution in [3.05, 3.63) is 64.0 Å². The normalized spacial score (nSPS) is 15.8. The van der Waals surface area contributed by atoms with E-state index >= 15 is 0 Å². The number of rotatable bonds is 4. The quantitative estimate of drug-likeness (QED) is 0.601. The van der Waals surface area contributed by atoms with Crippen LogP contribution < -0.4 is 4.90 Å². The van der Waals surface area contributed by atoms with Gasteiger partial charge in [0.2, 0.25) is 0 Å². The van der Waals surface area contributed by atoms with E-state index in [2.05, 4.69) is 0 Å². The summed E-state index contributed by atoms with van der Waals surface area (Å²) in [6.45, 7) is 1.13. The Morgan fingerprint density at radius 3 is 2.27 bits per heavy atom. The van der Waals surface area contributed by atoms with Crippen molar-refractivity contribution < 1.29 is 17.7 Å². The first-order chi connectivity index (χ1) is 12.3. The zero-order valence-electron chi connectivity index (χ0n) is 14.3. The Morgan fingerprint density at radius 2 is 1.73 bits per heavy atom. The molecule has 1 aliphatic heterocycles. The molecule has 0 spiro atoms. The summed E-state index contributed by atoms with van der Waals surface area (Å²) in [5.41, 5.74) is 1.01. The third-order valence-electron chi connectivity index (χ3n) is 4.74. The first kappa shape index (κ1) is 18.3. The van der Waals surface area contributed by atoms with E-state index in [9.17, 15) is 22.9 Å². The van der Waals surface area contributed by atoms with Crippen LogP contribution in [-0.4, -0.2) is 32.7 Å². The van der Waals surface area contributed by atoms with Gasteiger partial charge < -0.3 is 4.90 Å². The third-order valence-corrected chi connectivity index (χ3v) is 5.87. The molecule has 0 aromatic heterocycles. The van der Waals surface area contributed by atoms with Crippen molar-refractivity contribution in [2.24, 2.45) is 0 Å². The minimum atomic E-state index is -3.70. The highest BCUT2D eigenvalue weighted by molar-refractivity contribution is 7.90. The van der Waals surface area contributed by atoms with E-state index in [4.69, 9.17) is 0 Å². The Kier molecular flexibility index (Phi) is 4.95. The van der Waals surface area contributed by atoms with Crippen LogP contribution in [0.1, 0.15) is 24.3 Å². The molecule has 0 amide bonds.